The van der Waals surface area contributed by atoms with Crippen LogP contribution in [0.25, 0.3) is 6.08 Å². The van der Waals surface area contributed by atoms with Crippen LogP contribution in [0, 0.1) is 6.92 Å². The molecule has 3 aromatic rings. The van der Waals surface area contributed by atoms with Gasteiger partial charge in [0.2, 0.25) is 0 Å². The molecule has 2 amide bonds. The molecule has 1 unspecified atom stereocenters. The summed E-state index contributed by atoms with van der Waals surface area (Å²) in [5.41, 5.74) is 5.90. The molecular formula is C27H24N2O2S. The van der Waals surface area contributed by atoms with Gasteiger partial charge in [-0.05, 0) is 67.2 Å². The Morgan fingerprint density at radius 2 is 1.97 bits per heavy atom. The largest absolute Gasteiger partial charge is 0.345 e. The van der Waals surface area contributed by atoms with Gasteiger partial charge >= 0.3 is 0 Å². The molecule has 5 rings (SSSR count). The first kappa shape index (κ1) is 20.6. The van der Waals surface area contributed by atoms with E-state index >= 15 is 0 Å². The van der Waals surface area contributed by atoms with E-state index in [0.717, 1.165) is 35.3 Å². The quantitative estimate of drug-likeness (QED) is 0.500. The normalized spacial score (nSPS) is 18.5. The zero-order chi connectivity index (χ0) is 22.1. The van der Waals surface area contributed by atoms with Gasteiger partial charge < -0.3 is 10.6 Å². The zero-order valence-electron chi connectivity index (χ0n) is 17.9. The Balaban J connectivity index is 1.35. The molecule has 1 aliphatic heterocycles. The molecule has 0 aromatic heterocycles. The lowest BCUT2D eigenvalue weighted by Crippen LogP contribution is -2.31. The molecule has 160 valence electrons. The number of rotatable bonds is 3. The van der Waals surface area contributed by atoms with E-state index in [-0.39, 0.29) is 17.9 Å². The van der Waals surface area contributed by atoms with Crippen LogP contribution < -0.4 is 10.6 Å². The van der Waals surface area contributed by atoms with Gasteiger partial charge in [-0.15, -0.1) is 0 Å². The van der Waals surface area contributed by atoms with Crippen LogP contribution >= 0.6 is 11.8 Å². The van der Waals surface area contributed by atoms with Crippen LogP contribution in [-0.2, 0) is 11.2 Å². The minimum atomic E-state index is -0.150. The van der Waals surface area contributed by atoms with Crippen molar-refractivity contribution in [1.29, 1.82) is 0 Å². The second-order valence-corrected chi connectivity index (χ2v) is 9.39. The van der Waals surface area contributed by atoms with Gasteiger partial charge in [0.05, 0.1) is 16.6 Å². The van der Waals surface area contributed by atoms with Crippen molar-refractivity contribution in [2.24, 2.45) is 0 Å². The van der Waals surface area contributed by atoms with Crippen molar-refractivity contribution in [2.45, 2.75) is 37.1 Å². The minimum absolute atomic E-state index is 0.0244. The topological polar surface area (TPSA) is 58.2 Å². The third-order valence-corrected chi connectivity index (χ3v) is 7.05. The molecule has 1 heterocycles. The number of hydrogen-bond donors (Lipinski definition) is 2. The Labute approximate surface area is 192 Å². The molecule has 5 heteroatoms. The summed E-state index contributed by atoms with van der Waals surface area (Å²) in [5, 5.41) is 6.14. The van der Waals surface area contributed by atoms with Gasteiger partial charge in [-0.1, -0.05) is 65.9 Å². The second kappa shape index (κ2) is 8.67. The molecule has 2 aliphatic rings. The predicted octanol–water partition coefficient (Wildman–Crippen LogP) is 5.89. The maximum absolute atomic E-state index is 13.0. The van der Waals surface area contributed by atoms with E-state index in [9.17, 15) is 9.59 Å². The van der Waals surface area contributed by atoms with Crippen LogP contribution in [0.15, 0.2) is 76.5 Å². The molecule has 32 heavy (non-hydrogen) atoms. The number of amides is 2. The molecule has 0 radical (unpaired) electrons. The van der Waals surface area contributed by atoms with Crippen LogP contribution in [-0.4, -0.2) is 11.8 Å². The van der Waals surface area contributed by atoms with Crippen LogP contribution in [0.3, 0.4) is 0 Å². The highest BCUT2D eigenvalue weighted by molar-refractivity contribution is 8.04. The number of carbonyl (C=O) groups is 2. The van der Waals surface area contributed by atoms with E-state index in [2.05, 4.69) is 28.8 Å². The van der Waals surface area contributed by atoms with E-state index < -0.39 is 0 Å². The summed E-state index contributed by atoms with van der Waals surface area (Å²) in [7, 11) is 0. The average Bonchev–Trinajstić information content (AvgIpc) is 2.79. The first-order valence-corrected chi connectivity index (χ1v) is 11.7. The zero-order valence-corrected chi connectivity index (χ0v) is 18.7. The number of anilines is 1. The highest BCUT2D eigenvalue weighted by Gasteiger charge is 2.25. The van der Waals surface area contributed by atoms with Crippen LogP contribution in [0.2, 0.25) is 0 Å². The fourth-order valence-corrected chi connectivity index (χ4v) is 5.29. The number of fused-ring (bicyclic) bond motifs is 2. The fourth-order valence-electron chi connectivity index (χ4n) is 4.36. The van der Waals surface area contributed by atoms with Gasteiger partial charge in [-0.3, -0.25) is 9.59 Å². The van der Waals surface area contributed by atoms with Gasteiger partial charge in [-0.2, -0.15) is 0 Å². The fraction of sp³-hybridized carbons (Fsp3) is 0.185. The summed E-state index contributed by atoms with van der Waals surface area (Å²) < 4.78 is 0. The third-order valence-electron chi connectivity index (χ3n) is 5.95. The molecule has 1 atom stereocenters. The number of thioether (sulfide) groups is 1. The molecular weight excluding hydrogens is 416 g/mol. The Morgan fingerprint density at radius 1 is 1.09 bits per heavy atom. The van der Waals surface area contributed by atoms with E-state index in [1.807, 2.05) is 55.5 Å². The maximum Gasteiger partial charge on any atom is 0.262 e. The average molecular weight is 441 g/mol. The molecule has 0 saturated heterocycles. The summed E-state index contributed by atoms with van der Waals surface area (Å²) in [6.07, 6.45) is 4.96. The number of nitrogens with one attached hydrogen (secondary N) is 2. The summed E-state index contributed by atoms with van der Waals surface area (Å²) >= 11 is 1.43. The first-order chi connectivity index (χ1) is 15.6. The third kappa shape index (κ3) is 4.21. The number of benzene rings is 3. The SMILES string of the molecule is Cc1cccc(/C=C2/Sc3ccc(C(=O)NC4CCCc5ccccc54)cc3NC2=O)c1. The number of carbonyl (C=O) groups excluding carboxylic acids is 2. The smallest absolute Gasteiger partial charge is 0.262 e. The van der Waals surface area contributed by atoms with Crippen molar-refractivity contribution in [1.82, 2.24) is 5.32 Å². The van der Waals surface area contributed by atoms with Gasteiger partial charge in [0.1, 0.15) is 0 Å². The monoisotopic (exact) mass is 440 g/mol. The summed E-state index contributed by atoms with van der Waals surface area (Å²) in [4.78, 5) is 27.2. The molecule has 0 spiro atoms. The second-order valence-electron chi connectivity index (χ2n) is 8.31. The standard InChI is InChI=1S/C27H24N2O2S/c1-17-6-4-7-18(14-17)15-25-27(31)29-23-16-20(12-13-24(23)32-25)26(30)28-22-11-5-9-19-8-2-3-10-21(19)22/h2-4,6-8,10,12-16,22H,5,9,11H2,1H3,(H,28,30)(H,29,31)/b25-15+. The van der Waals surface area contributed by atoms with Crippen molar-refractivity contribution in [3.8, 4) is 0 Å². The number of hydrogen-bond acceptors (Lipinski definition) is 3. The van der Waals surface area contributed by atoms with Crippen LogP contribution in [0.1, 0.15) is 51.5 Å². The van der Waals surface area contributed by atoms with E-state index in [4.69, 9.17) is 0 Å². The van der Waals surface area contributed by atoms with Gasteiger partial charge in [-0.25, -0.2) is 0 Å². The van der Waals surface area contributed by atoms with Gasteiger partial charge in [0.25, 0.3) is 11.8 Å². The molecule has 3 aromatic carbocycles. The molecule has 0 bridgehead atoms. The Kier molecular flexibility index (Phi) is 5.58. The van der Waals surface area contributed by atoms with E-state index in [0.29, 0.717) is 16.2 Å². The van der Waals surface area contributed by atoms with Gasteiger partial charge in [0.15, 0.2) is 0 Å². The van der Waals surface area contributed by atoms with Crippen LogP contribution in [0.4, 0.5) is 5.69 Å². The van der Waals surface area contributed by atoms with E-state index in [1.165, 1.54) is 22.9 Å². The van der Waals surface area contributed by atoms with Crippen molar-refractivity contribution in [2.75, 3.05) is 5.32 Å². The van der Waals surface area contributed by atoms with Crippen molar-refractivity contribution in [3.63, 3.8) is 0 Å². The lowest BCUT2D eigenvalue weighted by Gasteiger charge is -2.26. The molecule has 2 N–H and O–H groups in total. The highest BCUT2D eigenvalue weighted by atomic mass is 32.2. The van der Waals surface area contributed by atoms with Gasteiger partial charge in [0, 0.05) is 10.5 Å². The molecule has 1 aliphatic carbocycles. The summed E-state index contributed by atoms with van der Waals surface area (Å²) in [6.45, 7) is 2.03. The predicted molar refractivity (Wildman–Crippen MR) is 130 cm³/mol. The van der Waals surface area contributed by atoms with Crippen molar-refractivity contribution < 1.29 is 9.59 Å². The van der Waals surface area contributed by atoms with E-state index in [1.54, 1.807) is 6.07 Å². The van der Waals surface area contributed by atoms with Crippen molar-refractivity contribution >= 4 is 35.3 Å². The van der Waals surface area contributed by atoms with Crippen LogP contribution in [0.5, 0.6) is 0 Å². The molecule has 0 saturated carbocycles. The summed E-state index contributed by atoms with van der Waals surface area (Å²) in [5.74, 6) is -0.266. The maximum atomic E-state index is 13.0. The molecule has 4 nitrogen and oxygen atoms in total. The first-order valence-electron chi connectivity index (χ1n) is 10.9. The lowest BCUT2D eigenvalue weighted by atomic mass is 9.87. The Bertz CT molecular complexity index is 1250. The Morgan fingerprint density at radius 3 is 2.84 bits per heavy atom. The summed E-state index contributed by atoms with van der Waals surface area (Å²) in [6, 6.07) is 21.9. The lowest BCUT2D eigenvalue weighted by molar-refractivity contribution is -0.112. The minimum Gasteiger partial charge on any atom is -0.345 e. The molecule has 0 fully saturated rings. The highest BCUT2D eigenvalue weighted by Crippen LogP contribution is 2.39. The Hall–Kier alpha value is -3.31. The number of aryl methyl sites for hydroxylation is 2. The van der Waals surface area contributed by atoms with Crippen molar-refractivity contribution in [3.05, 3.63) is 99.5 Å².